The van der Waals surface area contributed by atoms with Crippen LogP contribution in [0.4, 0.5) is 0 Å². The van der Waals surface area contributed by atoms with Crippen molar-refractivity contribution in [2.75, 3.05) is 13.7 Å². The zero-order valence-corrected chi connectivity index (χ0v) is 13.5. The Morgan fingerprint density at radius 3 is 2.45 bits per heavy atom. The molecule has 0 amide bonds. The second-order valence-electron chi connectivity index (χ2n) is 6.14. The van der Waals surface area contributed by atoms with E-state index in [1.165, 1.54) is 48.8 Å². The molecule has 0 saturated heterocycles. The van der Waals surface area contributed by atoms with Gasteiger partial charge in [0, 0.05) is 6.61 Å². The SMILES string of the molecule is CCOC1(C(NC)c2ccc(C)cc2C)CCCCC1. The third kappa shape index (κ3) is 3.07. The molecule has 112 valence electrons. The van der Waals surface area contributed by atoms with Crippen molar-refractivity contribution in [2.24, 2.45) is 0 Å². The smallest absolute Gasteiger partial charge is 0.0876 e. The number of hydrogen-bond donors (Lipinski definition) is 1. The second kappa shape index (κ2) is 6.73. The summed E-state index contributed by atoms with van der Waals surface area (Å²) in [5, 5.41) is 3.55. The minimum Gasteiger partial charge on any atom is -0.373 e. The quantitative estimate of drug-likeness (QED) is 0.865. The van der Waals surface area contributed by atoms with Crippen molar-refractivity contribution >= 4 is 0 Å². The highest BCUT2D eigenvalue weighted by Gasteiger charge is 2.41. The lowest BCUT2D eigenvalue weighted by Crippen LogP contribution is -2.47. The molecule has 0 bridgehead atoms. The number of rotatable bonds is 5. The Hall–Kier alpha value is -0.860. The van der Waals surface area contributed by atoms with Crippen molar-refractivity contribution in [1.29, 1.82) is 0 Å². The van der Waals surface area contributed by atoms with Gasteiger partial charge in [-0.2, -0.15) is 0 Å². The molecule has 1 unspecified atom stereocenters. The highest BCUT2D eigenvalue weighted by molar-refractivity contribution is 5.34. The van der Waals surface area contributed by atoms with Gasteiger partial charge in [-0.3, -0.25) is 0 Å². The van der Waals surface area contributed by atoms with Crippen molar-refractivity contribution < 1.29 is 4.74 Å². The van der Waals surface area contributed by atoms with Crippen molar-refractivity contribution in [3.63, 3.8) is 0 Å². The summed E-state index contributed by atoms with van der Waals surface area (Å²) in [6.45, 7) is 7.29. The molecule has 1 saturated carbocycles. The van der Waals surface area contributed by atoms with E-state index in [2.05, 4.69) is 51.3 Å². The Balaban J connectivity index is 2.37. The Labute approximate surface area is 123 Å². The first-order valence-electron chi connectivity index (χ1n) is 8.01. The van der Waals surface area contributed by atoms with Crippen molar-refractivity contribution in [3.05, 3.63) is 34.9 Å². The summed E-state index contributed by atoms with van der Waals surface area (Å²) in [6, 6.07) is 7.07. The number of nitrogens with one attached hydrogen (secondary N) is 1. The molecular weight excluding hydrogens is 246 g/mol. The molecule has 0 radical (unpaired) electrons. The fourth-order valence-electron chi connectivity index (χ4n) is 3.81. The third-order valence-corrected chi connectivity index (χ3v) is 4.68. The van der Waals surface area contributed by atoms with Gasteiger partial charge >= 0.3 is 0 Å². The van der Waals surface area contributed by atoms with Crippen LogP contribution in [0.25, 0.3) is 0 Å². The standard InChI is InChI=1S/C18H29NO/c1-5-20-18(11-7-6-8-12-18)17(19-4)16-10-9-14(2)13-15(16)3/h9-10,13,17,19H,5-8,11-12H2,1-4H3. The van der Waals surface area contributed by atoms with Crippen molar-refractivity contribution in [3.8, 4) is 0 Å². The Kier molecular flexibility index (Phi) is 5.22. The van der Waals surface area contributed by atoms with Crippen molar-refractivity contribution in [1.82, 2.24) is 5.32 Å². The lowest BCUT2D eigenvalue weighted by molar-refractivity contribution is -0.0899. The van der Waals surface area contributed by atoms with Gasteiger partial charge < -0.3 is 10.1 Å². The number of ether oxygens (including phenoxy) is 1. The zero-order valence-electron chi connectivity index (χ0n) is 13.5. The predicted molar refractivity (Wildman–Crippen MR) is 85.2 cm³/mol. The highest BCUT2D eigenvalue weighted by atomic mass is 16.5. The Morgan fingerprint density at radius 1 is 1.20 bits per heavy atom. The molecule has 1 aliphatic rings. The van der Waals surface area contributed by atoms with Crippen LogP contribution in [-0.4, -0.2) is 19.3 Å². The zero-order chi connectivity index (χ0) is 14.6. The number of benzene rings is 1. The summed E-state index contributed by atoms with van der Waals surface area (Å²) in [4.78, 5) is 0. The molecule has 1 aromatic carbocycles. The van der Waals surface area contributed by atoms with Gasteiger partial charge in [0.05, 0.1) is 11.6 Å². The van der Waals surface area contributed by atoms with Crippen LogP contribution < -0.4 is 5.32 Å². The molecule has 1 aliphatic carbocycles. The van der Waals surface area contributed by atoms with Crippen LogP contribution in [0.3, 0.4) is 0 Å². The molecule has 20 heavy (non-hydrogen) atoms. The van der Waals surface area contributed by atoms with E-state index in [1.54, 1.807) is 0 Å². The van der Waals surface area contributed by atoms with Gasteiger partial charge in [-0.15, -0.1) is 0 Å². The lowest BCUT2D eigenvalue weighted by atomic mass is 9.75. The van der Waals surface area contributed by atoms with Gasteiger partial charge in [-0.1, -0.05) is 43.0 Å². The van der Waals surface area contributed by atoms with Crippen LogP contribution in [0.15, 0.2) is 18.2 Å². The van der Waals surface area contributed by atoms with Gasteiger partial charge in [0.1, 0.15) is 0 Å². The minimum atomic E-state index is -0.0260. The van der Waals surface area contributed by atoms with Crippen LogP contribution in [-0.2, 0) is 4.74 Å². The van der Waals surface area contributed by atoms with E-state index in [4.69, 9.17) is 4.74 Å². The topological polar surface area (TPSA) is 21.3 Å². The first kappa shape index (κ1) is 15.5. The van der Waals surface area contributed by atoms with E-state index < -0.39 is 0 Å². The predicted octanol–water partition coefficient (Wildman–Crippen LogP) is 4.30. The average molecular weight is 275 g/mol. The molecule has 1 atom stereocenters. The minimum absolute atomic E-state index is 0.0260. The summed E-state index contributed by atoms with van der Waals surface area (Å²) in [6.07, 6.45) is 6.24. The first-order valence-corrected chi connectivity index (χ1v) is 8.01. The van der Waals surface area contributed by atoms with E-state index in [-0.39, 0.29) is 5.60 Å². The maximum absolute atomic E-state index is 6.30. The average Bonchev–Trinajstić information content (AvgIpc) is 2.43. The summed E-state index contributed by atoms with van der Waals surface area (Å²) in [5.74, 6) is 0. The summed E-state index contributed by atoms with van der Waals surface area (Å²) in [5.41, 5.74) is 4.07. The largest absolute Gasteiger partial charge is 0.373 e. The van der Waals surface area contributed by atoms with Crippen LogP contribution in [0.5, 0.6) is 0 Å². The van der Waals surface area contributed by atoms with Crippen LogP contribution >= 0.6 is 0 Å². The van der Waals surface area contributed by atoms with E-state index in [1.807, 2.05) is 0 Å². The van der Waals surface area contributed by atoms with E-state index in [0.717, 1.165) is 6.61 Å². The number of aryl methyl sites for hydroxylation is 2. The van der Waals surface area contributed by atoms with E-state index in [9.17, 15) is 0 Å². The van der Waals surface area contributed by atoms with Gasteiger partial charge in [0.25, 0.3) is 0 Å². The molecule has 0 aliphatic heterocycles. The number of likely N-dealkylation sites (N-methyl/N-ethyl adjacent to an activating group) is 1. The molecular formula is C18H29NO. The van der Waals surface area contributed by atoms with E-state index >= 15 is 0 Å². The van der Waals surface area contributed by atoms with Gasteiger partial charge in [-0.05, 0) is 51.8 Å². The van der Waals surface area contributed by atoms with E-state index in [0.29, 0.717) is 6.04 Å². The maximum Gasteiger partial charge on any atom is 0.0876 e. The molecule has 1 aromatic rings. The monoisotopic (exact) mass is 275 g/mol. The molecule has 2 nitrogen and oxygen atoms in total. The van der Waals surface area contributed by atoms with Gasteiger partial charge in [0.2, 0.25) is 0 Å². The fraction of sp³-hybridized carbons (Fsp3) is 0.667. The van der Waals surface area contributed by atoms with Crippen LogP contribution in [0.1, 0.15) is 61.8 Å². The third-order valence-electron chi connectivity index (χ3n) is 4.68. The maximum atomic E-state index is 6.30. The van der Waals surface area contributed by atoms with Gasteiger partial charge in [0.15, 0.2) is 0 Å². The molecule has 0 spiro atoms. The molecule has 2 rings (SSSR count). The summed E-state index contributed by atoms with van der Waals surface area (Å²) >= 11 is 0. The van der Waals surface area contributed by atoms with Crippen LogP contribution in [0, 0.1) is 13.8 Å². The van der Waals surface area contributed by atoms with Crippen LogP contribution in [0.2, 0.25) is 0 Å². The summed E-state index contributed by atoms with van der Waals surface area (Å²) < 4.78 is 6.30. The lowest BCUT2D eigenvalue weighted by Gasteiger charge is -2.44. The molecule has 0 aromatic heterocycles. The molecule has 0 heterocycles. The first-order chi connectivity index (χ1) is 9.63. The highest BCUT2D eigenvalue weighted by Crippen LogP contribution is 2.42. The Bertz CT molecular complexity index is 430. The summed E-state index contributed by atoms with van der Waals surface area (Å²) in [7, 11) is 2.07. The van der Waals surface area contributed by atoms with Gasteiger partial charge in [-0.25, -0.2) is 0 Å². The fourth-order valence-corrected chi connectivity index (χ4v) is 3.81. The number of hydrogen-bond acceptors (Lipinski definition) is 2. The second-order valence-corrected chi connectivity index (χ2v) is 6.14. The molecule has 1 fully saturated rings. The molecule has 1 N–H and O–H groups in total. The normalized spacial score (nSPS) is 19.8. The van der Waals surface area contributed by atoms with Crippen molar-refractivity contribution in [2.45, 2.75) is 64.5 Å². The molecule has 2 heteroatoms. The Morgan fingerprint density at radius 2 is 1.90 bits per heavy atom.